The average Bonchev–Trinajstić information content (AvgIpc) is 3.35. The molecule has 0 aliphatic heterocycles. The summed E-state index contributed by atoms with van der Waals surface area (Å²) in [5.41, 5.74) is 5.05. The molecule has 0 unspecified atom stereocenters. The number of carbonyl (C=O) groups excluding carboxylic acids is 1. The Balaban J connectivity index is 1.74. The van der Waals surface area contributed by atoms with Crippen molar-refractivity contribution in [3.63, 3.8) is 0 Å². The van der Waals surface area contributed by atoms with Gasteiger partial charge in [0.2, 0.25) is 0 Å². The molecule has 1 N–H and O–H groups in total. The van der Waals surface area contributed by atoms with Crippen molar-refractivity contribution in [3.05, 3.63) is 46.3 Å². The summed E-state index contributed by atoms with van der Waals surface area (Å²) in [6, 6.07) is 6.11. The number of methoxy groups -OCH3 is 1. The molecule has 1 aromatic carbocycles. The number of aromatic nitrogens is 2. The molecular formula is C20H27N3O2. The molecule has 1 aliphatic rings. The summed E-state index contributed by atoms with van der Waals surface area (Å²) in [7, 11) is 3.53. The van der Waals surface area contributed by atoms with E-state index in [0.717, 1.165) is 28.1 Å². The summed E-state index contributed by atoms with van der Waals surface area (Å²) in [6.07, 6.45) is 2.36. The minimum absolute atomic E-state index is 0.0804. The Bertz CT molecular complexity index is 788. The lowest BCUT2D eigenvalue weighted by Crippen LogP contribution is -2.25. The molecule has 1 saturated carbocycles. The highest BCUT2D eigenvalue weighted by atomic mass is 16.5. The van der Waals surface area contributed by atoms with E-state index in [-0.39, 0.29) is 5.91 Å². The predicted octanol–water partition coefficient (Wildman–Crippen LogP) is 3.67. The van der Waals surface area contributed by atoms with Crippen molar-refractivity contribution in [1.29, 1.82) is 0 Å². The second kappa shape index (κ2) is 6.90. The number of hydrogen-bond acceptors (Lipinski definition) is 3. The number of aryl methyl sites for hydroxylation is 2. The highest BCUT2D eigenvalue weighted by molar-refractivity contribution is 5.92. The van der Waals surface area contributed by atoms with Crippen LogP contribution in [0.3, 0.4) is 0 Å². The van der Waals surface area contributed by atoms with Gasteiger partial charge in [-0.25, -0.2) is 0 Å². The maximum atomic E-state index is 12.6. The van der Waals surface area contributed by atoms with Gasteiger partial charge in [-0.05, 0) is 60.6 Å². The third-order valence-corrected chi connectivity index (χ3v) is 4.88. The van der Waals surface area contributed by atoms with Gasteiger partial charge in [0.25, 0.3) is 5.91 Å². The van der Waals surface area contributed by atoms with E-state index in [1.807, 2.05) is 26.1 Å². The first-order valence-corrected chi connectivity index (χ1v) is 8.90. The van der Waals surface area contributed by atoms with Gasteiger partial charge in [0.15, 0.2) is 0 Å². The number of benzene rings is 1. The molecule has 1 amide bonds. The van der Waals surface area contributed by atoms with E-state index < -0.39 is 0 Å². The standard InChI is InChI=1S/C20H27N3O2/c1-12(2)16-9-15(13(3)8-19(16)25-5)11-21-20(24)18-10-17(14-6-7-14)22-23(18)4/h8-10,12,14H,6-7,11H2,1-5H3,(H,21,24). The lowest BCUT2D eigenvalue weighted by molar-refractivity contribution is 0.0941. The van der Waals surface area contributed by atoms with Crippen LogP contribution >= 0.6 is 0 Å². The second-order valence-electron chi connectivity index (χ2n) is 7.21. The normalized spacial score (nSPS) is 14.0. The summed E-state index contributed by atoms with van der Waals surface area (Å²) in [5.74, 6) is 1.74. The third kappa shape index (κ3) is 3.70. The first-order chi connectivity index (χ1) is 11.9. The second-order valence-corrected chi connectivity index (χ2v) is 7.21. The predicted molar refractivity (Wildman–Crippen MR) is 98.2 cm³/mol. The highest BCUT2D eigenvalue weighted by Crippen LogP contribution is 2.39. The molecule has 0 radical (unpaired) electrons. The molecule has 1 aromatic heterocycles. The number of carbonyl (C=O) groups is 1. The van der Waals surface area contributed by atoms with Crippen LogP contribution in [0.1, 0.15) is 71.4 Å². The summed E-state index contributed by atoms with van der Waals surface area (Å²) < 4.78 is 7.17. The zero-order valence-electron chi connectivity index (χ0n) is 15.7. The maximum Gasteiger partial charge on any atom is 0.269 e. The van der Waals surface area contributed by atoms with E-state index in [1.165, 1.54) is 12.8 Å². The van der Waals surface area contributed by atoms with E-state index in [1.54, 1.807) is 11.8 Å². The molecule has 1 heterocycles. The summed E-state index contributed by atoms with van der Waals surface area (Å²) in [4.78, 5) is 12.6. The Kier molecular flexibility index (Phi) is 4.84. The molecule has 0 atom stereocenters. The average molecular weight is 341 g/mol. The van der Waals surface area contributed by atoms with Crippen LogP contribution < -0.4 is 10.1 Å². The topological polar surface area (TPSA) is 56.1 Å². The Labute approximate surface area is 149 Å². The number of nitrogens with one attached hydrogen (secondary N) is 1. The van der Waals surface area contributed by atoms with Gasteiger partial charge in [0.1, 0.15) is 11.4 Å². The van der Waals surface area contributed by atoms with E-state index in [0.29, 0.717) is 24.1 Å². The van der Waals surface area contributed by atoms with Gasteiger partial charge < -0.3 is 10.1 Å². The summed E-state index contributed by atoms with van der Waals surface area (Å²) >= 11 is 0. The number of ether oxygens (including phenoxy) is 1. The fourth-order valence-corrected chi connectivity index (χ4v) is 3.11. The zero-order chi connectivity index (χ0) is 18.1. The highest BCUT2D eigenvalue weighted by Gasteiger charge is 2.28. The molecular weight excluding hydrogens is 314 g/mol. The van der Waals surface area contributed by atoms with Crippen LogP contribution in [-0.4, -0.2) is 22.8 Å². The monoisotopic (exact) mass is 341 g/mol. The number of hydrogen-bond donors (Lipinski definition) is 1. The summed E-state index contributed by atoms with van der Waals surface area (Å²) in [6.45, 7) is 6.83. The van der Waals surface area contributed by atoms with Crippen molar-refractivity contribution in [2.24, 2.45) is 7.05 Å². The van der Waals surface area contributed by atoms with Crippen LogP contribution in [0, 0.1) is 6.92 Å². The fourth-order valence-electron chi connectivity index (χ4n) is 3.11. The Hall–Kier alpha value is -2.30. The van der Waals surface area contributed by atoms with Crippen LogP contribution in [-0.2, 0) is 13.6 Å². The van der Waals surface area contributed by atoms with Crippen LogP contribution in [0.15, 0.2) is 18.2 Å². The van der Waals surface area contributed by atoms with Gasteiger partial charge in [-0.2, -0.15) is 5.10 Å². The van der Waals surface area contributed by atoms with Crippen molar-refractivity contribution in [3.8, 4) is 5.75 Å². The number of rotatable bonds is 6. The quantitative estimate of drug-likeness (QED) is 0.872. The molecule has 1 aliphatic carbocycles. The molecule has 5 heteroatoms. The zero-order valence-corrected chi connectivity index (χ0v) is 15.7. The van der Waals surface area contributed by atoms with Crippen LogP contribution in [0.4, 0.5) is 0 Å². The minimum Gasteiger partial charge on any atom is -0.496 e. The van der Waals surface area contributed by atoms with Gasteiger partial charge in [0, 0.05) is 19.5 Å². The molecule has 2 aromatic rings. The SMILES string of the molecule is COc1cc(C)c(CNC(=O)c2cc(C3CC3)nn2C)cc1C(C)C. The minimum atomic E-state index is -0.0804. The van der Waals surface area contributed by atoms with Gasteiger partial charge in [-0.3, -0.25) is 9.48 Å². The molecule has 25 heavy (non-hydrogen) atoms. The van der Waals surface area contributed by atoms with Crippen molar-refractivity contribution >= 4 is 5.91 Å². The van der Waals surface area contributed by atoms with Crippen molar-refractivity contribution < 1.29 is 9.53 Å². The molecule has 0 bridgehead atoms. The Morgan fingerprint density at radius 3 is 2.68 bits per heavy atom. The first kappa shape index (κ1) is 17.5. The number of amides is 1. The van der Waals surface area contributed by atoms with Crippen molar-refractivity contribution in [2.45, 2.75) is 52.0 Å². The lowest BCUT2D eigenvalue weighted by Gasteiger charge is -2.16. The van der Waals surface area contributed by atoms with E-state index in [2.05, 4.69) is 30.3 Å². The molecule has 3 rings (SSSR count). The Morgan fingerprint density at radius 2 is 2.08 bits per heavy atom. The van der Waals surface area contributed by atoms with Gasteiger partial charge in [-0.1, -0.05) is 13.8 Å². The van der Waals surface area contributed by atoms with E-state index >= 15 is 0 Å². The van der Waals surface area contributed by atoms with Gasteiger partial charge >= 0.3 is 0 Å². The third-order valence-electron chi connectivity index (χ3n) is 4.88. The molecule has 1 fully saturated rings. The van der Waals surface area contributed by atoms with Gasteiger partial charge in [0.05, 0.1) is 12.8 Å². The Morgan fingerprint density at radius 1 is 1.36 bits per heavy atom. The lowest BCUT2D eigenvalue weighted by atomic mass is 9.96. The van der Waals surface area contributed by atoms with Crippen LogP contribution in [0.25, 0.3) is 0 Å². The molecule has 5 nitrogen and oxygen atoms in total. The van der Waals surface area contributed by atoms with Crippen LogP contribution in [0.2, 0.25) is 0 Å². The molecule has 0 spiro atoms. The fraction of sp³-hybridized carbons (Fsp3) is 0.500. The van der Waals surface area contributed by atoms with Gasteiger partial charge in [-0.15, -0.1) is 0 Å². The maximum absolute atomic E-state index is 12.6. The smallest absolute Gasteiger partial charge is 0.269 e. The largest absolute Gasteiger partial charge is 0.496 e. The number of nitrogens with zero attached hydrogens (tertiary/aromatic N) is 2. The van der Waals surface area contributed by atoms with Crippen molar-refractivity contribution in [1.82, 2.24) is 15.1 Å². The van der Waals surface area contributed by atoms with Crippen molar-refractivity contribution in [2.75, 3.05) is 7.11 Å². The summed E-state index contributed by atoms with van der Waals surface area (Å²) in [5, 5.41) is 7.50. The van der Waals surface area contributed by atoms with E-state index in [4.69, 9.17) is 4.74 Å². The van der Waals surface area contributed by atoms with E-state index in [9.17, 15) is 4.79 Å². The first-order valence-electron chi connectivity index (χ1n) is 8.90. The molecule has 134 valence electrons. The van der Waals surface area contributed by atoms with Crippen LogP contribution in [0.5, 0.6) is 5.75 Å². The molecule has 0 saturated heterocycles.